The topological polar surface area (TPSA) is 75.3 Å². The quantitative estimate of drug-likeness (QED) is 0.933. The molecule has 118 valence electrons. The minimum atomic E-state index is -0.946. The average Bonchev–Trinajstić information content (AvgIpc) is 3.14. The second kappa shape index (κ2) is 6.00. The molecule has 1 aliphatic rings. The highest BCUT2D eigenvalue weighted by Crippen LogP contribution is 2.28. The molecule has 7 heteroatoms. The number of halogens is 1. The van der Waals surface area contributed by atoms with Gasteiger partial charge in [0.05, 0.1) is 19.2 Å². The van der Waals surface area contributed by atoms with Crippen molar-refractivity contribution in [3.8, 4) is 11.5 Å². The summed E-state index contributed by atoms with van der Waals surface area (Å²) in [6.07, 6.45) is 1.00. The molecule has 3 rings (SSSR count). The van der Waals surface area contributed by atoms with E-state index in [-0.39, 0.29) is 25.1 Å². The number of rotatable bonds is 4. The first-order valence-corrected chi connectivity index (χ1v) is 7.40. The molecule has 0 radical (unpaired) electrons. The third-order valence-corrected chi connectivity index (χ3v) is 3.82. The zero-order valence-corrected chi connectivity index (χ0v) is 12.6. The lowest BCUT2D eigenvalue weighted by atomic mass is 10.2. The fraction of sp³-hybridized carbons (Fsp3) is 0.533. The van der Waals surface area contributed by atoms with Gasteiger partial charge in [0, 0.05) is 24.1 Å². The van der Waals surface area contributed by atoms with Crippen LogP contribution in [0.3, 0.4) is 0 Å². The van der Waals surface area contributed by atoms with Gasteiger partial charge in [-0.2, -0.15) is 4.98 Å². The van der Waals surface area contributed by atoms with E-state index in [2.05, 4.69) is 15.1 Å². The lowest BCUT2D eigenvalue weighted by Crippen LogP contribution is -2.32. The van der Waals surface area contributed by atoms with Crippen molar-refractivity contribution in [2.75, 3.05) is 18.1 Å². The lowest BCUT2D eigenvalue weighted by molar-refractivity contribution is 0.255. The van der Waals surface area contributed by atoms with E-state index in [1.807, 2.05) is 13.8 Å². The number of anilines is 1. The zero-order valence-electron chi connectivity index (χ0n) is 12.6. The van der Waals surface area contributed by atoms with Crippen molar-refractivity contribution in [2.45, 2.75) is 38.4 Å². The number of nitrogens with zero attached hydrogens (tertiary/aromatic N) is 4. The Kier molecular flexibility index (Phi) is 4.06. The van der Waals surface area contributed by atoms with Crippen LogP contribution in [0.2, 0.25) is 0 Å². The van der Waals surface area contributed by atoms with Gasteiger partial charge >= 0.3 is 0 Å². The molecule has 2 aromatic rings. The van der Waals surface area contributed by atoms with Crippen LogP contribution in [0, 0.1) is 0 Å². The Morgan fingerprint density at radius 1 is 1.50 bits per heavy atom. The molecule has 1 saturated heterocycles. The minimum Gasteiger partial charge on any atom is -0.394 e. The van der Waals surface area contributed by atoms with Gasteiger partial charge in [0.2, 0.25) is 0 Å². The Hall–Kier alpha value is -2.02. The van der Waals surface area contributed by atoms with Gasteiger partial charge in [-0.15, -0.1) is 0 Å². The molecule has 2 aromatic heterocycles. The van der Waals surface area contributed by atoms with Crippen LogP contribution in [0.25, 0.3) is 11.5 Å². The van der Waals surface area contributed by atoms with Crippen molar-refractivity contribution in [3.05, 3.63) is 24.2 Å². The Morgan fingerprint density at radius 2 is 2.32 bits per heavy atom. The summed E-state index contributed by atoms with van der Waals surface area (Å²) in [5.74, 6) is 1.86. The molecule has 0 saturated carbocycles. The first-order valence-electron chi connectivity index (χ1n) is 7.40. The van der Waals surface area contributed by atoms with Gasteiger partial charge in [0.25, 0.3) is 5.89 Å². The monoisotopic (exact) mass is 306 g/mol. The highest BCUT2D eigenvalue weighted by molar-refractivity contribution is 5.59. The normalized spacial score (nSPS) is 21.8. The molecular weight excluding hydrogens is 287 g/mol. The number of aliphatic hydroxyl groups excluding tert-OH is 1. The van der Waals surface area contributed by atoms with Gasteiger partial charge in [-0.25, -0.2) is 9.37 Å². The van der Waals surface area contributed by atoms with Gasteiger partial charge < -0.3 is 14.5 Å². The molecule has 1 fully saturated rings. The van der Waals surface area contributed by atoms with Crippen molar-refractivity contribution in [1.82, 2.24) is 15.1 Å². The average molecular weight is 306 g/mol. The summed E-state index contributed by atoms with van der Waals surface area (Å²) in [4.78, 5) is 10.4. The van der Waals surface area contributed by atoms with E-state index in [1.165, 1.54) is 0 Å². The van der Waals surface area contributed by atoms with Gasteiger partial charge in [0.15, 0.2) is 5.82 Å². The molecule has 1 aliphatic heterocycles. The molecule has 0 bridgehead atoms. The maximum atomic E-state index is 13.6. The molecular formula is C15H19FN4O2. The third kappa shape index (κ3) is 2.81. The van der Waals surface area contributed by atoms with E-state index in [9.17, 15) is 9.50 Å². The third-order valence-electron chi connectivity index (χ3n) is 3.82. The molecule has 0 aliphatic carbocycles. The highest BCUT2D eigenvalue weighted by atomic mass is 19.1. The highest BCUT2D eigenvalue weighted by Gasteiger charge is 2.32. The summed E-state index contributed by atoms with van der Waals surface area (Å²) >= 11 is 0. The first kappa shape index (κ1) is 14.9. The van der Waals surface area contributed by atoms with Crippen molar-refractivity contribution in [2.24, 2.45) is 0 Å². The van der Waals surface area contributed by atoms with Crippen molar-refractivity contribution in [3.63, 3.8) is 0 Å². The van der Waals surface area contributed by atoms with E-state index in [1.54, 1.807) is 23.2 Å². The van der Waals surface area contributed by atoms with E-state index in [4.69, 9.17) is 4.52 Å². The lowest BCUT2D eigenvalue weighted by Gasteiger charge is -2.23. The summed E-state index contributed by atoms with van der Waals surface area (Å²) in [7, 11) is 0. The molecule has 0 unspecified atom stereocenters. The number of aliphatic hydroxyl groups is 1. The Bertz CT molecular complexity index is 646. The van der Waals surface area contributed by atoms with Gasteiger partial charge in [-0.1, -0.05) is 19.0 Å². The molecule has 22 heavy (non-hydrogen) atoms. The maximum absolute atomic E-state index is 13.6. The summed E-state index contributed by atoms with van der Waals surface area (Å²) in [5.41, 5.74) is 0.739. The Balaban J connectivity index is 1.89. The second-order valence-electron chi connectivity index (χ2n) is 5.84. The van der Waals surface area contributed by atoms with E-state index in [0.29, 0.717) is 24.0 Å². The molecule has 2 atom stereocenters. The predicted molar refractivity (Wildman–Crippen MR) is 79.4 cm³/mol. The fourth-order valence-corrected chi connectivity index (χ4v) is 2.61. The largest absolute Gasteiger partial charge is 0.394 e. The van der Waals surface area contributed by atoms with Crippen LogP contribution in [0.4, 0.5) is 10.2 Å². The SMILES string of the molecule is CC(C)c1noc(-c2ccnc(N3C[C@@H](F)C[C@H]3CO)c2)n1. The van der Waals surface area contributed by atoms with Gasteiger partial charge in [-0.05, 0) is 12.1 Å². The predicted octanol–water partition coefficient (Wildman–Crippen LogP) is 2.16. The standard InChI is InChI=1S/C15H19FN4O2/c1-9(2)14-18-15(22-19-14)10-3-4-17-13(5-10)20-7-11(16)6-12(20)8-21/h3-5,9,11-12,21H,6-8H2,1-2H3/t11-,12-/m0/s1. The van der Waals surface area contributed by atoms with E-state index < -0.39 is 6.17 Å². The van der Waals surface area contributed by atoms with E-state index in [0.717, 1.165) is 5.56 Å². The van der Waals surface area contributed by atoms with Crippen LogP contribution in [0.1, 0.15) is 32.0 Å². The number of hydrogen-bond donors (Lipinski definition) is 1. The van der Waals surface area contributed by atoms with Crippen molar-refractivity contribution in [1.29, 1.82) is 0 Å². The Morgan fingerprint density at radius 3 is 3.00 bits per heavy atom. The molecule has 0 spiro atoms. The van der Waals surface area contributed by atoms with Crippen molar-refractivity contribution >= 4 is 5.82 Å². The summed E-state index contributed by atoms with van der Waals surface area (Å²) < 4.78 is 18.9. The molecule has 0 amide bonds. The number of aromatic nitrogens is 3. The van der Waals surface area contributed by atoms with Crippen LogP contribution in [-0.4, -0.2) is 45.6 Å². The Labute approximate surface area is 128 Å². The maximum Gasteiger partial charge on any atom is 0.258 e. The minimum absolute atomic E-state index is 0.0929. The fourth-order valence-electron chi connectivity index (χ4n) is 2.61. The summed E-state index contributed by atoms with van der Waals surface area (Å²) in [6.45, 7) is 4.13. The van der Waals surface area contributed by atoms with Crippen LogP contribution in [0.15, 0.2) is 22.9 Å². The molecule has 6 nitrogen and oxygen atoms in total. The number of pyridine rings is 1. The summed E-state index contributed by atoms with van der Waals surface area (Å²) in [6, 6.07) is 3.32. The van der Waals surface area contributed by atoms with E-state index >= 15 is 0 Å². The number of alkyl halides is 1. The van der Waals surface area contributed by atoms with Crippen LogP contribution < -0.4 is 4.90 Å². The molecule has 3 heterocycles. The smallest absolute Gasteiger partial charge is 0.258 e. The molecule has 1 N–H and O–H groups in total. The van der Waals surface area contributed by atoms with Crippen molar-refractivity contribution < 1.29 is 14.0 Å². The van der Waals surface area contributed by atoms with Gasteiger partial charge in [-0.3, -0.25) is 0 Å². The van der Waals surface area contributed by atoms with Gasteiger partial charge in [0.1, 0.15) is 12.0 Å². The summed E-state index contributed by atoms with van der Waals surface area (Å²) in [5, 5.41) is 13.3. The van der Waals surface area contributed by atoms with Crippen LogP contribution in [0.5, 0.6) is 0 Å². The number of hydrogen-bond acceptors (Lipinski definition) is 6. The second-order valence-corrected chi connectivity index (χ2v) is 5.84. The van der Waals surface area contributed by atoms with Crippen LogP contribution in [-0.2, 0) is 0 Å². The van der Waals surface area contributed by atoms with Crippen LogP contribution >= 0.6 is 0 Å². The zero-order chi connectivity index (χ0) is 15.7. The molecule has 0 aromatic carbocycles. The first-order chi connectivity index (χ1) is 10.6.